The summed E-state index contributed by atoms with van der Waals surface area (Å²) in [5, 5.41) is 3.05. The number of carbonyl (C=O) groups is 2. The highest BCUT2D eigenvalue weighted by Crippen LogP contribution is 2.31. The van der Waals surface area contributed by atoms with E-state index < -0.39 is 5.97 Å². The van der Waals surface area contributed by atoms with Crippen molar-refractivity contribution in [2.45, 2.75) is 13.5 Å². The Balaban J connectivity index is 1.31. The smallest absolute Gasteiger partial charge is 0.339 e. The summed E-state index contributed by atoms with van der Waals surface area (Å²) in [5.74, 6) is 0.363. The van der Waals surface area contributed by atoms with Gasteiger partial charge in [0.1, 0.15) is 13.2 Å². The van der Waals surface area contributed by atoms with Crippen LogP contribution in [0, 0.1) is 6.92 Å². The molecule has 3 N–H and O–H groups in total. The maximum atomic E-state index is 13.3. The Bertz CT molecular complexity index is 1470. The zero-order valence-corrected chi connectivity index (χ0v) is 19.9. The first-order valence-electron chi connectivity index (χ1n) is 11.5. The number of aromatic nitrogens is 3. The Morgan fingerprint density at radius 2 is 1.65 bits per heavy atom. The Morgan fingerprint density at radius 3 is 2.43 bits per heavy atom. The van der Waals surface area contributed by atoms with E-state index in [0.717, 1.165) is 11.3 Å². The molecule has 0 amide bonds. The van der Waals surface area contributed by atoms with Crippen molar-refractivity contribution in [2.24, 2.45) is 0 Å². The zero-order valence-electron chi connectivity index (χ0n) is 19.9. The molecule has 0 radical (unpaired) electrons. The molecule has 10 heteroatoms. The van der Waals surface area contributed by atoms with Crippen molar-refractivity contribution < 1.29 is 23.8 Å². The number of nitrogens with two attached hydrogens (primary N) is 1. The molecule has 37 heavy (non-hydrogen) atoms. The number of nitrogen functional groups attached to an aromatic ring is 1. The predicted octanol–water partition coefficient (Wildman–Crippen LogP) is 3.87. The molecule has 0 saturated carbocycles. The highest BCUT2D eigenvalue weighted by Gasteiger charge is 2.22. The number of carbonyl (C=O) groups excluding carboxylic acids is 2. The molecule has 0 bridgehead atoms. The summed E-state index contributed by atoms with van der Waals surface area (Å²) in [4.78, 5) is 38.6. The fourth-order valence-corrected chi connectivity index (χ4v) is 3.73. The van der Waals surface area contributed by atoms with Gasteiger partial charge in [-0.1, -0.05) is 35.9 Å². The van der Waals surface area contributed by atoms with Gasteiger partial charge in [0.05, 0.1) is 5.56 Å². The highest BCUT2D eigenvalue weighted by molar-refractivity contribution is 6.14. The van der Waals surface area contributed by atoms with Gasteiger partial charge >= 0.3 is 5.97 Å². The first-order valence-corrected chi connectivity index (χ1v) is 11.5. The minimum atomic E-state index is -0.700. The monoisotopic (exact) mass is 497 g/mol. The minimum Gasteiger partial charge on any atom is -0.486 e. The summed E-state index contributed by atoms with van der Waals surface area (Å²) >= 11 is 0. The molecule has 10 nitrogen and oxygen atoms in total. The Kier molecular flexibility index (Phi) is 6.62. The van der Waals surface area contributed by atoms with Crippen LogP contribution in [0.4, 0.5) is 17.6 Å². The maximum Gasteiger partial charge on any atom is 0.339 e. The second-order valence-corrected chi connectivity index (χ2v) is 8.23. The van der Waals surface area contributed by atoms with Crippen molar-refractivity contribution in [1.29, 1.82) is 0 Å². The van der Waals surface area contributed by atoms with E-state index in [0.29, 0.717) is 30.3 Å². The van der Waals surface area contributed by atoms with Crippen LogP contribution in [0.5, 0.6) is 11.5 Å². The molecular formula is C27H23N5O5. The molecule has 1 aliphatic heterocycles. The van der Waals surface area contributed by atoms with Gasteiger partial charge in [-0.3, -0.25) is 4.79 Å². The van der Waals surface area contributed by atoms with Crippen molar-refractivity contribution in [1.82, 2.24) is 15.0 Å². The van der Waals surface area contributed by atoms with Gasteiger partial charge in [0.25, 0.3) is 0 Å². The van der Waals surface area contributed by atoms with Crippen molar-refractivity contribution in [3.8, 4) is 11.5 Å². The number of rotatable bonds is 7. The van der Waals surface area contributed by atoms with Crippen LogP contribution >= 0.6 is 0 Å². The number of benzene rings is 3. The van der Waals surface area contributed by atoms with Crippen molar-refractivity contribution in [3.05, 3.63) is 94.8 Å². The number of esters is 1. The second-order valence-electron chi connectivity index (χ2n) is 8.23. The van der Waals surface area contributed by atoms with E-state index in [9.17, 15) is 9.59 Å². The van der Waals surface area contributed by atoms with Crippen LogP contribution < -0.4 is 20.5 Å². The number of fused-ring (bicyclic) bond motifs is 1. The van der Waals surface area contributed by atoms with Crippen molar-refractivity contribution >= 4 is 29.3 Å². The van der Waals surface area contributed by atoms with E-state index in [2.05, 4.69) is 20.3 Å². The normalized spacial score (nSPS) is 12.0. The third kappa shape index (κ3) is 5.48. The molecule has 0 spiro atoms. The van der Waals surface area contributed by atoms with Crippen LogP contribution in [0.15, 0.2) is 66.7 Å². The molecule has 1 aromatic heterocycles. The molecule has 0 unspecified atom stereocenters. The van der Waals surface area contributed by atoms with Gasteiger partial charge < -0.3 is 25.3 Å². The van der Waals surface area contributed by atoms with Crippen LogP contribution in [0.1, 0.15) is 37.7 Å². The number of anilines is 3. The fraction of sp³-hybridized carbons (Fsp3) is 0.148. The van der Waals surface area contributed by atoms with Crippen LogP contribution in [-0.4, -0.2) is 39.9 Å². The van der Waals surface area contributed by atoms with Crippen LogP contribution in [0.3, 0.4) is 0 Å². The molecule has 0 saturated heterocycles. The van der Waals surface area contributed by atoms with E-state index in [1.165, 1.54) is 6.07 Å². The van der Waals surface area contributed by atoms with Crippen LogP contribution in [0.25, 0.3) is 0 Å². The molecule has 0 aliphatic carbocycles. The lowest BCUT2D eigenvalue weighted by molar-refractivity contribution is 0.0459. The molecule has 186 valence electrons. The Morgan fingerprint density at radius 1 is 0.919 bits per heavy atom. The number of hydrogen-bond acceptors (Lipinski definition) is 10. The average molecular weight is 498 g/mol. The number of nitrogens with zero attached hydrogens (tertiary/aromatic N) is 3. The Hall–Kier alpha value is -4.99. The summed E-state index contributed by atoms with van der Waals surface area (Å²) in [7, 11) is 0. The lowest BCUT2D eigenvalue weighted by Gasteiger charge is -2.18. The summed E-state index contributed by atoms with van der Waals surface area (Å²) in [5.41, 5.74) is 8.38. The summed E-state index contributed by atoms with van der Waals surface area (Å²) < 4.78 is 16.5. The molecule has 5 rings (SSSR count). The van der Waals surface area contributed by atoms with Gasteiger partial charge in [-0.05, 0) is 43.3 Å². The van der Waals surface area contributed by atoms with Gasteiger partial charge in [-0.2, -0.15) is 15.0 Å². The number of hydrogen-bond donors (Lipinski definition) is 2. The molecule has 0 atom stereocenters. The molecular weight excluding hydrogens is 474 g/mol. The van der Waals surface area contributed by atoms with Gasteiger partial charge in [-0.25, -0.2) is 4.79 Å². The first-order chi connectivity index (χ1) is 18.0. The molecule has 0 fully saturated rings. The quantitative estimate of drug-likeness (QED) is 0.286. The van der Waals surface area contributed by atoms with E-state index in [4.69, 9.17) is 19.9 Å². The fourth-order valence-electron chi connectivity index (χ4n) is 3.73. The molecule has 2 heterocycles. The van der Waals surface area contributed by atoms with Gasteiger partial charge in [-0.15, -0.1) is 0 Å². The number of nitrogens with one attached hydrogen (secondary N) is 1. The van der Waals surface area contributed by atoms with Crippen molar-refractivity contribution in [3.63, 3.8) is 0 Å². The van der Waals surface area contributed by atoms with E-state index in [-0.39, 0.29) is 41.2 Å². The zero-order chi connectivity index (χ0) is 25.8. The first kappa shape index (κ1) is 23.7. The Labute approximate surface area is 212 Å². The standard InChI is InChI=1S/C27H23N5O5/c1-16-6-9-18(10-7-16)29-27-31-23(30-26(28)32-27)15-37-25(34)20-5-3-2-4-19(20)24(33)17-8-11-21-22(14-17)36-13-12-35-21/h2-11,14H,12-13,15H2,1H3,(H3,28,29,30,31,32). The minimum absolute atomic E-state index is 0.0233. The molecule has 3 aromatic carbocycles. The second kappa shape index (κ2) is 10.3. The third-order valence-electron chi connectivity index (χ3n) is 5.54. The van der Waals surface area contributed by atoms with Crippen molar-refractivity contribution in [2.75, 3.05) is 24.3 Å². The summed E-state index contributed by atoms with van der Waals surface area (Å²) in [6.07, 6.45) is 0. The van der Waals surface area contributed by atoms with E-state index in [1.807, 2.05) is 31.2 Å². The van der Waals surface area contributed by atoms with Gasteiger partial charge in [0.15, 0.2) is 29.7 Å². The lowest BCUT2D eigenvalue weighted by atomic mass is 9.98. The van der Waals surface area contributed by atoms with Crippen LogP contribution in [0.2, 0.25) is 0 Å². The topological polar surface area (TPSA) is 139 Å². The lowest BCUT2D eigenvalue weighted by Crippen LogP contribution is -2.17. The predicted molar refractivity (Wildman–Crippen MR) is 135 cm³/mol. The number of aryl methyl sites for hydroxylation is 1. The molecule has 4 aromatic rings. The van der Waals surface area contributed by atoms with Gasteiger partial charge in [0.2, 0.25) is 11.9 Å². The maximum absolute atomic E-state index is 13.3. The number of ketones is 1. The summed E-state index contributed by atoms with van der Waals surface area (Å²) in [6.45, 7) is 2.57. The van der Waals surface area contributed by atoms with Gasteiger partial charge in [0, 0.05) is 16.8 Å². The SMILES string of the molecule is Cc1ccc(Nc2nc(N)nc(COC(=O)c3ccccc3C(=O)c3ccc4c(c3)OCCO4)n2)cc1. The highest BCUT2D eigenvalue weighted by atomic mass is 16.6. The van der Waals surface area contributed by atoms with E-state index in [1.54, 1.807) is 36.4 Å². The third-order valence-corrected chi connectivity index (χ3v) is 5.54. The number of ether oxygens (including phenoxy) is 3. The van der Waals surface area contributed by atoms with E-state index >= 15 is 0 Å². The molecule has 1 aliphatic rings. The summed E-state index contributed by atoms with van der Waals surface area (Å²) in [6, 6.07) is 19.0. The van der Waals surface area contributed by atoms with Crippen LogP contribution in [-0.2, 0) is 11.3 Å². The average Bonchev–Trinajstić information content (AvgIpc) is 2.92. The largest absolute Gasteiger partial charge is 0.486 e.